The normalized spacial score (nSPS) is 12.8. The van der Waals surface area contributed by atoms with E-state index in [-0.39, 0.29) is 23.4 Å². The first kappa shape index (κ1) is 20.7. The second-order valence-electron chi connectivity index (χ2n) is 5.92. The Bertz CT molecular complexity index is 889. The lowest BCUT2D eigenvalue weighted by Crippen LogP contribution is -2.40. The molecule has 2 rings (SSSR count). The molecule has 1 amide bonds. The van der Waals surface area contributed by atoms with Crippen molar-refractivity contribution in [1.29, 1.82) is 0 Å². The highest BCUT2D eigenvalue weighted by molar-refractivity contribution is 7.89. The van der Waals surface area contributed by atoms with Crippen molar-refractivity contribution in [3.05, 3.63) is 64.1 Å². The van der Waals surface area contributed by atoms with E-state index in [0.717, 1.165) is 9.87 Å². The lowest BCUT2D eigenvalue weighted by Gasteiger charge is -2.28. The van der Waals surface area contributed by atoms with E-state index in [1.54, 1.807) is 43.4 Å². The van der Waals surface area contributed by atoms with Gasteiger partial charge in [-0.1, -0.05) is 47.5 Å². The molecule has 0 aliphatic carbocycles. The second kappa shape index (κ2) is 8.39. The van der Waals surface area contributed by atoms with Gasteiger partial charge in [0.1, 0.15) is 0 Å². The molecule has 140 valence electrons. The third kappa shape index (κ3) is 4.57. The molecule has 1 unspecified atom stereocenters. The largest absolute Gasteiger partial charge is 0.338 e. The lowest BCUT2D eigenvalue weighted by molar-refractivity contribution is -0.131. The summed E-state index contributed by atoms with van der Waals surface area (Å²) in [6.45, 7) is 1.54. The maximum absolute atomic E-state index is 12.6. The smallest absolute Gasteiger partial charge is 0.243 e. The van der Waals surface area contributed by atoms with Crippen molar-refractivity contribution in [1.82, 2.24) is 9.21 Å². The Balaban J connectivity index is 2.13. The number of amides is 1. The van der Waals surface area contributed by atoms with Gasteiger partial charge in [0, 0.05) is 24.1 Å². The number of sulfonamides is 1. The van der Waals surface area contributed by atoms with Crippen LogP contribution in [0.25, 0.3) is 0 Å². The fraction of sp³-hybridized carbons (Fsp3) is 0.278. The van der Waals surface area contributed by atoms with Gasteiger partial charge in [-0.2, -0.15) is 4.31 Å². The molecular weight excluding hydrogens is 395 g/mol. The van der Waals surface area contributed by atoms with Gasteiger partial charge in [0.25, 0.3) is 0 Å². The first-order chi connectivity index (χ1) is 12.1. The van der Waals surface area contributed by atoms with Gasteiger partial charge in [-0.25, -0.2) is 8.42 Å². The molecule has 8 heteroatoms. The van der Waals surface area contributed by atoms with Crippen molar-refractivity contribution in [3.8, 4) is 0 Å². The summed E-state index contributed by atoms with van der Waals surface area (Å²) in [6, 6.07) is 12.7. The average Bonchev–Trinajstić information content (AvgIpc) is 2.61. The minimum atomic E-state index is -3.73. The first-order valence-corrected chi connectivity index (χ1v) is 10.1. The number of carbonyl (C=O) groups excluding carboxylic acids is 1. The van der Waals surface area contributed by atoms with Gasteiger partial charge < -0.3 is 4.90 Å². The highest BCUT2D eigenvalue weighted by Crippen LogP contribution is 2.29. The van der Waals surface area contributed by atoms with Crippen molar-refractivity contribution in [2.45, 2.75) is 17.9 Å². The SMILES string of the molecule is CC(c1ccc(Cl)cc1Cl)N(C)C(=O)CN(C)S(=O)(=O)c1ccccc1. The molecule has 26 heavy (non-hydrogen) atoms. The Morgan fingerprint density at radius 1 is 1.08 bits per heavy atom. The van der Waals surface area contributed by atoms with Crippen molar-refractivity contribution in [2.75, 3.05) is 20.6 Å². The molecule has 1 atom stereocenters. The zero-order valence-electron chi connectivity index (χ0n) is 14.7. The van der Waals surface area contributed by atoms with Crippen LogP contribution in [0.1, 0.15) is 18.5 Å². The molecule has 0 aliphatic rings. The number of rotatable bonds is 6. The fourth-order valence-corrected chi connectivity index (χ4v) is 4.13. The Morgan fingerprint density at radius 3 is 2.27 bits per heavy atom. The fourth-order valence-electron chi connectivity index (χ4n) is 2.42. The number of carbonyl (C=O) groups is 1. The van der Waals surface area contributed by atoms with Crippen LogP contribution in [0.3, 0.4) is 0 Å². The van der Waals surface area contributed by atoms with Crippen LogP contribution in [-0.4, -0.2) is 44.2 Å². The van der Waals surface area contributed by atoms with Gasteiger partial charge in [-0.15, -0.1) is 0 Å². The molecule has 0 N–H and O–H groups in total. The predicted octanol–water partition coefficient (Wildman–Crippen LogP) is 3.83. The van der Waals surface area contributed by atoms with Crippen molar-refractivity contribution in [3.63, 3.8) is 0 Å². The molecule has 0 aliphatic heterocycles. The van der Waals surface area contributed by atoms with E-state index >= 15 is 0 Å². The van der Waals surface area contributed by atoms with Crippen LogP contribution in [0.2, 0.25) is 10.0 Å². The number of halogens is 2. The molecule has 0 radical (unpaired) electrons. The van der Waals surface area contributed by atoms with Crippen LogP contribution < -0.4 is 0 Å². The molecular formula is C18H20Cl2N2O3S. The molecule has 0 fully saturated rings. The molecule has 0 spiro atoms. The van der Waals surface area contributed by atoms with Gasteiger partial charge in [0.05, 0.1) is 17.5 Å². The Labute approximate surface area is 164 Å². The van der Waals surface area contributed by atoms with Crippen molar-refractivity contribution >= 4 is 39.1 Å². The zero-order chi connectivity index (χ0) is 19.5. The maximum Gasteiger partial charge on any atom is 0.243 e. The maximum atomic E-state index is 12.6. The number of benzene rings is 2. The Morgan fingerprint density at radius 2 is 1.69 bits per heavy atom. The molecule has 0 aromatic heterocycles. The second-order valence-corrected chi connectivity index (χ2v) is 8.81. The summed E-state index contributed by atoms with van der Waals surface area (Å²) in [5, 5.41) is 0.962. The summed E-state index contributed by atoms with van der Waals surface area (Å²) in [5.41, 5.74) is 0.737. The predicted molar refractivity (Wildman–Crippen MR) is 104 cm³/mol. The summed E-state index contributed by atoms with van der Waals surface area (Å²) in [4.78, 5) is 14.2. The standard InChI is InChI=1S/C18H20Cl2N2O3S/c1-13(16-10-9-14(19)11-17(16)20)22(3)18(23)12-21(2)26(24,25)15-7-5-4-6-8-15/h4-11,13H,12H2,1-3H3. The first-order valence-electron chi connectivity index (χ1n) is 7.86. The molecule has 0 heterocycles. The lowest BCUT2D eigenvalue weighted by atomic mass is 10.1. The van der Waals surface area contributed by atoms with Gasteiger partial charge in [-0.3, -0.25) is 4.79 Å². The highest BCUT2D eigenvalue weighted by atomic mass is 35.5. The van der Waals surface area contributed by atoms with Crippen LogP contribution in [0.4, 0.5) is 0 Å². The average molecular weight is 415 g/mol. The van der Waals surface area contributed by atoms with Crippen molar-refractivity contribution in [2.24, 2.45) is 0 Å². The van der Waals surface area contributed by atoms with Crippen LogP contribution in [0.5, 0.6) is 0 Å². The molecule has 2 aromatic carbocycles. The van der Waals surface area contributed by atoms with Crippen LogP contribution >= 0.6 is 23.2 Å². The quantitative estimate of drug-likeness (QED) is 0.721. The third-order valence-corrected chi connectivity index (χ3v) is 6.58. The summed E-state index contributed by atoms with van der Waals surface area (Å²) in [6.07, 6.45) is 0. The topological polar surface area (TPSA) is 57.7 Å². The van der Waals surface area contributed by atoms with Gasteiger partial charge in [-0.05, 0) is 36.8 Å². The van der Waals surface area contributed by atoms with Crippen molar-refractivity contribution < 1.29 is 13.2 Å². The Kier molecular flexibility index (Phi) is 6.69. The summed E-state index contributed by atoms with van der Waals surface area (Å²) >= 11 is 12.1. The molecule has 0 saturated heterocycles. The van der Waals surface area contributed by atoms with Crippen LogP contribution in [0, 0.1) is 0 Å². The van der Waals surface area contributed by atoms with E-state index in [2.05, 4.69) is 0 Å². The Hall–Kier alpha value is -1.60. The van der Waals surface area contributed by atoms with Crippen LogP contribution in [0.15, 0.2) is 53.4 Å². The van der Waals surface area contributed by atoms with E-state index in [4.69, 9.17) is 23.2 Å². The van der Waals surface area contributed by atoms with Gasteiger partial charge in [0.15, 0.2) is 0 Å². The van der Waals surface area contributed by atoms with E-state index in [9.17, 15) is 13.2 Å². The highest BCUT2D eigenvalue weighted by Gasteiger charge is 2.26. The minimum Gasteiger partial charge on any atom is -0.338 e. The monoisotopic (exact) mass is 414 g/mol. The summed E-state index contributed by atoms with van der Waals surface area (Å²) in [5.74, 6) is -0.342. The number of hydrogen-bond acceptors (Lipinski definition) is 3. The zero-order valence-corrected chi connectivity index (χ0v) is 17.0. The number of likely N-dealkylation sites (N-methyl/N-ethyl adjacent to an activating group) is 2. The van der Waals surface area contributed by atoms with E-state index in [1.807, 2.05) is 6.92 Å². The third-order valence-electron chi connectivity index (χ3n) is 4.20. The summed E-state index contributed by atoms with van der Waals surface area (Å²) < 4.78 is 26.1. The van der Waals surface area contributed by atoms with Gasteiger partial charge >= 0.3 is 0 Å². The molecule has 0 bridgehead atoms. The van der Waals surface area contributed by atoms with E-state index < -0.39 is 10.0 Å². The number of nitrogens with zero attached hydrogens (tertiary/aromatic N) is 2. The molecule has 5 nitrogen and oxygen atoms in total. The summed E-state index contributed by atoms with van der Waals surface area (Å²) in [7, 11) is -0.734. The minimum absolute atomic E-state index is 0.145. The number of hydrogen-bond donors (Lipinski definition) is 0. The van der Waals surface area contributed by atoms with Gasteiger partial charge in [0.2, 0.25) is 15.9 Å². The molecule has 0 saturated carbocycles. The van der Waals surface area contributed by atoms with E-state index in [0.29, 0.717) is 10.0 Å². The molecule has 2 aromatic rings. The van der Waals surface area contributed by atoms with E-state index in [1.165, 1.54) is 24.1 Å². The van der Waals surface area contributed by atoms with Crippen LogP contribution in [-0.2, 0) is 14.8 Å².